The van der Waals surface area contributed by atoms with E-state index in [9.17, 15) is 9.59 Å². The molecule has 0 bridgehead atoms. The number of aromatic nitrogens is 2. The van der Waals surface area contributed by atoms with Gasteiger partial charge in [0.05, 0.1) is 23.4 Å². The third-order valence-electron chi connectivity index (χ3n) is 2.80. The van der Waals surface area contributed by atoms with Crippen LogP contribution in [0.2, 0.25) is 0 Å². The van der Waals surface area contributed by atoms with E-state index in [1.807, 2.05) is 17.5 Å². The van der Waals surface area contributed by atoms with Crippen molar-refractivity contribution in [2.75, 3.05) is 6.54 Å². The zero-order valence-electron chi connectivity index (χ0n) is 10.8. The van der Waals surface area contributed by atoms with Crippen molar-refractivity contribution in [3.63, 3.8) is 0 Å². The second-order valence-corrected chi connectivity index (χ2v) is 5.18. The molecule has 3 aromatic rings. The van der Waals surface area contributed by atoms with Gasteiger partial charge in [0.2, 0.25) is 5.78 Å². The zero-order valence-corrected chi connectivity index (χ0v) is 11.6. The topological polar surface area (TPSA) is 88.0 Å². The number of carbonyl (C=O) groups excluding carboxylic acids is 2. The number of amides is 1. The molecule has 0 radical (unpaired) electrons. The van der Waals surface area contributed by atoms with Gasteiger partial charge in [-0.05, 0) is 29.6 Å². The Morgan fingerprint density at radius 3 is 2.95 bits per heavy atom. The SMILES string of the molecule is O=C(NCC(=O)c1ccco1)c1cc(-c2cccs2)[nH]n1. The van der Waals surface area contributed by atoms with E-state index in [1.165, 1.54) is 6.26 Å². The molecule has 2 N–H and O–H groups in total. The lowest BCUT2D eigenvalue weighted by Crippen LogP contribution is -2.29. The van der Waals surface area contributed by atoms with Crippen LogP contribution in [0.1, 0.15) is 21.0 Å². The van der Waals surface area contributed by atoms with Crippen molar-refractivity contribution < 1.29 is 14.0 Å². The van der Waals surface area contributed by atoms with E-state index in [0.29, 0.717) is 0 Å². The highest BCUT2D eigenvalue weighted by atomic mass is 32.1. The smallest absolute Gasteiger partial charge is 0.272 e. The second-order valence-electron chi connectivity index (χ2n) is 4.23. The molecule has 6 nitrogen and oxygen atoms in total. The highest BCUT2D eigenvalue weighted by molar-refractivity contribution is 7.13. The van der Waals surface area contributed by atoms with E-state index in [0.717, 1.165) is 10.6 Å². The molecule has 3 heterocycles. The van der Waals surface area contributed by atoms with Crippen molar-refractivity contribution in [3.8, 4) is 10.6 Å². The maximum Gasteiger partial charge on any atom is 0.272 e. The van der Waals surface area contributed by atoms with Crippen molar-refractivity contribution in [1.29, 1.82) is 0 Å². The van der Waals surface area contributed by atoms with Crippen LogP contribution in [0.3, 0.4) is 0 Å². The van der Waals surface area contributed by atoms with E-state index in [-0.39, 0.29) is 23.8 Å². The number of thiophene rings is 1. The number of rotatable bonds is 5. The molecule has 0 saturated heterocycles. The second kappa shape index (κ2) is 5.76. The maximum atomic E-state index is 11.9. The molecule has 21 heavy (non-hydrogen) atoms. The Morgan fingerprint density at radius 1 is 1.33 bits per heavy atom. The van der Waals surface area contributed by atoms with E-state index >= 15 is 0 Å². The molecule has 3 rings (SSSR count). The number of furan rings is 1. The molecule has 0 aliphatic rings. The monoisotopic (exact) mass is 301 g/mol. The van der Waals surface area contributed by atoms with E-state index in [1.54, 1.807) is 29.5 Å². The summed E-state index contributed by atoms with van der Waals surface area (Å²) in [5.41, 5.74) is 1.01. The van der Waals surface area contributed by atoms with Gasteiger partial charge in [-0.15, -0.1) is 11.3 Å². The van der Waals surface area contributed by atoms with Gasteiger partial charge in [-0.25, -0.2) is 0 Å². The first-order chi connectivity index (χ1) is 10.2. The van der Waals surface area contributed by atoms with E-state index in [2.05, 4.69) is 15.5 Å². The minimum atomic E-state index is -0.408. The maximum absolute atomic E-state index is 11.9. The van der Waals surface area contributed by atoms with Crippen LogP contribution in [-0.4, -0.2) is 28.4 Å². The molecule has 0 unspecified atom stereocenters. The van der Waals surface area contributed by atoms with Gasteiger partial charge in [-0.1, -0.05) is 6.07 Å². The number of H-pyrrole nitrogens is 1. The minimum absolute atomic E-state index is 0.131. The highest BCUT2D eigenvalue weighted by Gasteiger charge is 2.14. The Morgan fingerprint density at radius 2 is 2.24 bits per heavy atom. The molecule has 0 saturated carbocycles. The van der Waals surface area contributed by atoms with Gasteiger partial charge in [-0.3, -0.25) is 14.7 Å². The third kappa shape index (κ3) is 2.92. The minimum Gasteiger partial charge on any atom is -0.461 e. The molecule has 0 aromatic carbocycles. The summed E-state index contributed by atoms with van der Waals surface area (Å²) in [7, 11) is 0. The number of aromatic amines is 1. The van der Waals surface area contributed by atoms with Gasteiger partial charge in [-0.2, -0.15) is 5.10 Å². The number of hydrogen-bond donors (Lipinski definition) is 2. The fourth-order valence-electron chi connectivity index (χ4n) is 1.77. The summed E-state index contributed by atoms with van der Waals surface area (Å²) in [6, 6.07) is 8.68. The predicted octanol–water partition coefficient (Wildman–Crippen LogP) is 2.34. The summed E-state index contributed by atoms with van der Waals surface area (Å²) in [5.74, 6) is -0.479. The first-order valence-corrected chi connectivity index (χ1v) is 7.06. The Hall–Kier alpha value is -2.67. The summed E-state index contributed by atoms with van der Waals surface area (Å²) in [4.78, 5) is 24.6. The zero-order chi connectivity index (χ0) is 14.7. The molecule has 106 valence electrons. The van der Waals surface area contributed by atoms with E-state index < -0.39 is 5.91 Å². The first-order valence-electron chi connectivity index (χ1n) is 6.18. The quantitative estimate of drug-likeness (QED) is 0.708. The molecule has 0 aliphatic carbocycles. The molecule has 0 aliphatic heterocycles. The molecule has 3 aromatic heterocycles. The fourth-order valence-corrected chi connectivity index (χ4v) is 2.46. The Balaban J connectivity index is 1.62. The summed E-state index contributed by atoms with van der Waals surface area (Å²) in [6.45, 7) is -0.131. The lowest BCUT2D eigenvalue weighted by Gasteiger charge is -2.00. The molecular formula is C14H11N3O3S. The lowest BCUT2D eigenvalue weighted by molar-refractivity contribution is 0.0889. The van der Waals surface area contributed by atoms with Gasteiger partial charge < -0.3 is 9.73 Å². The standard InChI is InChI=1S/C14H11N3O3S/c18-11(12-3-1-5-20-12)8-15-14(19)10-7-9(16-17-10)13-4-2-6-21-13/h1-7H,8H2,(H,15,19)(H,16,17). The van der Waals surface area contributed by atoms with Crippen molar-refractivity contribution in [2.24, 2.45) is 0 Å². The van der Waals surface area contributed by atoms with Crippen LogP contribution in [0.15, 0.2) is 46.4 Å². The Labute approximate surface area is 123 Å². The molecule has 1 amide bonds. The largest absolute Gasteiger partial charge is 0.461 e. The van der Waals surface area contributed by atoms with Gasteiger partial charge in [0.1, 0.15) is 0 Å². The average Bonchev–Trinajstić information content (AvgIpc) is 3.25. The van der Waals surface area contributed by atoms with Gasteiger partial charge in [0.15, 0.2) is 11.5 Å². The first kappa shape index (κ1) is 13.3. The number of carbonyl (C=O) groups is 2. The number of ketones is 1. The third-order valence-corrected chi connectivity index (χ3v) is 3.71. The number of Topliss-reactive ketones (excluding diaryl/α,β-unsaturated/α-hetero) is 1. The summed E-state index contributed by atoms with van der Waals surface area (Å²) < 4.78 is 4.97. The summed E-state index contributed by atoms with van der Waals surface area (Å²) >= 11 is 1.55. The Kier molecular flexibility index (Phi) is 3.65. The van der Waals surface area contributed by atoms with Crippen molar-refractivity contribution in [3.05, 3.63) is 53.4 Å². The van der Waals surface area contributed by atoms with Gasteiger partial charge in [0, 0.05) is 0 Å². The van der Waals surface area contributed by atoms with Crippen LogP contribution >= 0.6 is 11.3 Å². The van der Waals surface area contributed by atoms with Crippen LogP contribution in [0.5, 0.6) is 0 Å². The number of hydrogen-bond acceptors (Lipinski definition) is 5. The predicted molar refractivity (Wildman–Crippen MR) is 77.3 cm³/mol. The van der Waals surface area contributed by atoms with Crippen molar-refractivity contribution in [2.45, 2.75) is 0 Å². The van der Waals surface area contributed by atoms with Crippen molar-refractivity contribution in [1.82, 2.24) is 15.5 Å². The number of nitrogens with one attached hydrogen (secondary N) is 2. The highest BCUT2D eigenvalue weighted by Crippen LogP contribution is 2.22. The Bertz CT molecular complexity index is 744. The van der Waals surface area contributed by atoms with Crippen molar-refractivity contribution >= 4 is 23.0 Å². The molecule has 0 atom stereocenters. The molecular weight excluding hydrogens is 290 g/mol. The number of nitrogens with zero attached hydrogens (tertiary/aromatic N) is 1. The van der Waals surface area contributed by atoms with E-state index in [4.69, 9.17) is 4.42 Å². The fraction of sp³-hybridized carbons (Fsp3) is 0.0714. The van der Waals surface area contributed by atoms with Crippen LogP contribution in [0.4, 0.5) is 0 Å². The molecule has 0 spiro atoms. The average molecular weight is 301 g/mol. The lowest BCUT2D eigenvalue weighted by atomic mass is 10.3. The summed E-state index contributed by atoms with van der Waals surface area (Å²) in [6.07, 6.45) is 1.41. The van der Waals surface area contributed by atoms with Gasteiger partial charge in [0.25, 0.3) is 5.91 Å². The van der Waals surface area contributed by atoms with Crippen LogP contribution in [0.25, 0.3) is 10.6 Å². The van der Waals surface area contributed by atoms with Crippen LogP contribution in [-0.2, 0) is 0 Å². The summed E-state index contributed by atoms with van der Waals surface area (Å²) in [5, 5.41) is 11.2. The molecule has 7 heteroatoms. The molecule has 0 fully saturated rings. The van der Waals surface area contributed by atoms with Crippen LogP contribution in [0, 0.1) is 0 Å². The van der Waals surface area contributed by atoms with Gasteiger partial charge >= 0.3 is 0 Å². The van der Waals surface area contributed by atoms with Crippen LogP contribution < -0.4 is 5.32 Å². The normalized spacial score (nSPS) is 10.5.